The van der Waals surface area contributed by atoms with E-state index < -0.39 is 29.8 Å². The molecule has 6 N–H and O–H groups in total. The number of aliphatic carboxylic acids is 1. The Balaban J connectivity index is -0.000000120. The molecule has 0 aliphatic carbocycles. The summed E-state index contributed by atoms with van der Waals surface area (Å²) in [5.41, 5.74) is 10.3. The maximum atomic E-state index is 9.81. The zero-order valence-electron chi connectivity index (χ0n) is 15.3. The van der Waals surface area contributed by atoms with Crippen LogP contribution >= 0.6 is 0 Å². The fourth-order valence-electron chi connectivity index (χ4n) is 0.734. The summed E-state index contributed by atoms with van der Waals surface area (Å²) in [4.78, 5) is 48.2. The summed E-state index contributed by atoms with van der Waals surface area (Å²) >= 11 is 0. The van der Waals surface area contributed by atoms with Crippen LogP contribution in [0.1, 0.15) is 34.6 Å². The van der Waals surface area contributed by atoms with Gasteiger partial charge in [0.15, 0.2) is 0 Å². The lowest BCUT2D eigenvalue weighted by molar-refractivity contribution is -0.158. The number of nitrogens with one attached hydrogen (secondary N) is 1. The number of nitrogens with two attached hydrogens (primary N) is 2. The number of rotatable bonds is 4. The molecule has 0 rings (SSSR count). The SMILES string of the molecule is CC(=O)O.CC(=O)OC(C)=O.CC(=O)OC(C)=O.NCCNCCN. The number of carbonyl (C=O) groups excluding carboxylic acids is 4. The van der Waals surface area contributed by atoms with Crippen molar-refractivity contribution in [2.45, 2.75) is 34.6 Å². The van der Waals surface area contributed by atoms with E-state index in [-0.39, 0.29) is 0 Å². The maximum Gasteiger partial charge on any atom is 0.310 e. The van der Waals surface area contributed by atoms with Gasteiger partial charge in [0.2, 0.25) is 0 Å². The fraction of sp³-hybridized carbons (Fsp3) is 0.643. The highest BCUT2D eigenvalue weighted by atomic mass is 16.6. The topological polar surface area (TPSA) is 188 Å². The summed E-state index contributed by atoms with van der Waals surface area (Å²) in [7, 11) is 0. The van der Waals surface area contributed by atoms with Gasteiger partial charge in [0, 0.05) is 60.8 Å². The Labute approximate surface area is 147 Å². The van der Waals surface area contributed by atoms with Crippen LogP contribution in [0, 0.1) is 0 Å². The summed E-state index contributed by atoms with van der Waals surface area (Å²) in [6.45, 7) is 8.94. The van der Waals surface area contributed by atoms with E-state index in [0.717, 1.165) is 20.0 Å². The molecule has 0 aliphatic rings. The first-order valence-electron chi connectivity index (χ1n) is 7.08. The number of carbonyl (C=O) groups is 5. The van der Waals surface area contributed by atoms with Gasteiger partial charge in [-0.2, -0.15) is 0 Å². The molecule has 0 aromatic carbocycles. The van der Waals surface area contributed by atoms with Gasteiger partial charge in [0.25, 0.3) is 5.97 Å². The summed E-state index contributed by atoms with van der Waals surface area (Å²) < 4.78 is 7.94. The number of hydrogen-bond acceptors (Lipinski definition) is 10. The smallest absolute Gasteiger partial charge is 0.310 e. The average Bonchev–Trinajstić information content (AvgIpc) is 2.36. The van der Waals surface area contributed by atoms with Crippen molar-refractivity contribution in [1.82, 2.24) is 5.32 Å². The normalized spacial score (nSPS) is 7.96. The molecule has 148 valence electrons. The van der Waals surface area contributed by atoms with Gasteiger partial charge < -0.3 is 31.4 Å². The fourth-order valence-corrected chi connectivity index (χ4v) is 0.734. The maximum absolute atomic E-state index is 9.81. The molecule has 0 radical (unpaired) electrons. The molecule has 0 unspecified atom stereocenters. The number of hydrogen-bond donors (Lipinski definition) is 4. The van der Waals surface area contributed by atoms with Crippen LogP contribution in [0.5, 0.6) is 0 Å². The van der Waals surface area contributed by atoms with Crippen molar-refractivity contribution < 1.29 is 38.6 Å². The molecular weight excluding hydrogens is 338 g/mol. The molecular formula is C14H29N3O8. The second-order valence-electron chi connectivity index (χ2n) is 4.02. The third kappa shape index (κ3) is 89.9. The van der Waals surface area contributed by atoms with Crippen molar-refractivity contribution in [2.75, 3.05) is 26.2 Å². The largest absolute Gasteiger partial charge is 0.481 e. The minimum absolute atomic E-state index is 0.562. The Morgan fingerprint density at radius 2 is 0.920 bits per heavy atom. The van der Waals surface area contributed by atoms with E-state index >= 15 is 0 Å². The van der Waals surface area contributed by atoms with Crippen LogP contribution in [-0.4, -0.2) is 61.1 Å². The molecule has 11 nitrogen and oxygen atoms in total. The lowest BCUT2D eigenvalue weighted by Crippen LogP contribution is -2.27. The summed E-state index contributed by atoms with van der Waals surface area (Å²) in [5.74, 6) is -3.08. The van der Waals surface area contributed by atoms with Gasteiger partial charge in [-0.1, -0.05) is 0 Å². The molecule has 0 saturated carbocycles. The highest BCUT2D eigenvalue weighted by Crippen LogP contribution is 1.74. The molecule has 0 bridgehead atoms. The highest BCUT2D eigenvalue weighted by molar-refractivity contribution is 5.82. The van der Waals surface area contributed by atoms with Crippen LogP contribution < -0.4 is 16.8 Å². The minimum atomic E-state index is -0.833. The van der Waals surface area contributed by atoms with E-state index in [1.165, 1.54) is 27.7 Å². The Bertz CT molecular complexity index is 342. The van der Waals surface area contributed by atoms with Crippen LogP contribution in [0.15, 0.2) is 0 Å². The van der Waals surface area contributed by atoms with Crippen molar-refractivity contribution in [3.05, 3.63) is 0 Å². The number of carboxylic acid groups (broad SMARTS) is 1. The molecule has 25 heavy (non-hydrogen) atoms. The van der Waals surface area contributed by atoms with Gasteiger partial charge in [-0.05, 0) is 0 Å². The Morgan fingerprint density at radius 1 is 0.720 bits per heavy atom. The lowest BCUT2D eigenvalue weighted by Gasteiger charge is -1.95. The highest BCUT2D eigenvalue weighted by Gasteiger charge is 1.94. The molecule has 0 aromatic rings. The van der Waals surface area contributed by atoms with Gasteiger partial charge in [-0.15, -0.1) is 0 Å². The third-order valence-electron chi connectivity index (χ3n) is 1.22. The first kappa shape index (κ1) is 30.5. The van der Waals surface area contributed by atoms with Gasteiger partial charge >= 0.3 is 23.9 Å². The molecule has 0 fully saturated rings. The first-order valence-corrected chi connectivity index (χ1v) is 7.08. The Morgan fingerprint density at radius 3 is 1.00 bits per heavy atom. The van der Waals surface area contributed by atoms with Crippen LogP contribution in [0.25, 0.3) is 0 Å². The standard InChI is InChI=1S/C4H13N3.2C4H6O3.C2H4O2/c5-1-3-7-4-2-6;2*1-3(5)7-4(2)6;1-2(3)4/h7H,1-6H2;2*1-2H3;1H3,(H,3,4). The van der Waals surface area contributed by atoms with E-state index in [0.29, 0.717) is 13.1 Å². The number of ether oxygens (including phenoxy) is 2. The van der Waals surface area contributed by atoms with E-state index in [1.807, 2.05) is 0 Å². The van der Waals surface area contributed by atoms with E-state index in [1.54, 1.807) is 0 Å². The number of esters is 4. The van der Waals surface area contributed by atoms with E-state index in [2.05, 4.69) is 14.8 Å². The van der Waals surface area contributed by atoms with Gasteiger partial charge in [-0.25, -0.2) is 0 Å². The van der Waals surface area contributed by atoms with Crippen LogP contribution in [-0.2, 0) is 33.4 Å². The molecule has 0 spiro atoms. The van der Waals surface area contributed by atoms with Crippen LogP contribution in [0.2, 0.25) is 0 Å². The average molecular weight is 367 g/mol. The predicted octanol–water partition coefficient (Wildman–Crippen LogP) is -1.22. The third-order valence-corrected chi connectivity index (χ3v) is 1.22. The van der Waals surface area contributed by atoms with Crippen molar-refractivity contribution in [3.63, 3.8) is 0 Å². The molecule has 0 amide bonds. The van der Waals surface area contributed by atoms with Crippen LogP contribution in [0.3, 0.4) is 0 Å². The lowest BCUT2D eigenvalue weighted by atomic mass is 10.6. The van der Waals surface area contributed by atoms with Gasteiger partial charge in [0.05, 0.1) is 0 Å². The van der Waals surface area contributed by atoms with Gasteiger partial charge in [0.1, 0.15) is 0 Å². The zero-order valence-corrected chi connectivity index (χ0v) is 15.3. The summed E-state index contributed by atoms with van der Waals surface area (Å²) in [6.07, 6.45) is 0. The van der Waals surface area contributed by atoms with Crippen molar-refractivity contribution in [3.8, 4) is 0 Å². The summed E-state index contributed by atoms with van der Waals surface area (Å²) in [5, 5.41) is 10.5. The van der Waals surface area contributed by atoms with Crippen molar-refractivity contribution in [2.24, 2.45) is 11.5 Å². The van der Waals surface area contributed by atoms with E-state index in [4.69, 9.17) is 21.4 Å². The summed E-state index contributed by atoms with van der Waals surface area (Å²) in [6, 6.07) is 0. The first-order chi connectivity index (χ1) is 11.4. The second-order valence-corrected chi connectivity index (χ2v) is 4.02. The zero-order chi connectivity index (χ0) is 20.8. The quantitative estimate of drug-likeness (QED) is 0.265. The van der Waals surface area contributed by atoms with Crippen LogP contribution in [0.4, 0.5) is 0 Å². The molecule has 0 aromatic heterocycles. The molecule has 0 saturated heterocycles. The molecule has 0 aliphatic heterocycles. The second kappa shape index (κ2) is 23.9. The van der Waals surface area contributed by atoms with Crippen molar-refractivity contribution >= 4 is 29.8 Å². The van der Waals surface area contributed by atoms with Gasteiger partial charge in [-0.3, -0.25) is 24.0 Å². The predicted molar refractivity (Wildman–Crippen MR) is 89.2 cm³/mol. The van der Waals surface area contributed by atoms with E-state index in [9.17, 15) is 19.2 Å². The van der Waals surface area contributed by atoms with Crippen molar-refractivity contribution in [1.29, 1.82) is 0 Å². The minimum Gasteiger partial charge on any atom is -0.481 e. The Kier molecular flexibility index (Phi) is 29.2. The monoisotopic (exact) mass is 367 g/mol. The number of carboxylic acids is 1. The molecule has 11 heteroatoms. The Hall–Kier alpha value is -2.37. The molecule has 0 atom stereocenters. The molecule has 0 heterocycles.